The van der Waals surface area contributed by atoms with Gasteiger partial charge in [0.2, 0.25) is 10.0 Å². The smallest absolute Gasteiger partial charge is 0.335 e. The summed E-state index contributed by atoms with van der Waals surface area (Å²) in [5.74, 6) is -0.807. The van der Waals surface area contributed by atoms with Crippen molar-refractivity contribution in [3.8, 4) is 11.5 Å². The summed E-state index contributed by atoms with van der Waals surface area (Å²) in [4.78, 5) is 11.3. The number of rotatable bonds is 7. The summed E-state index contributed by atoms with van der Waals surface area (Å²) in [6.45, 7) is 1.92. The van der Waals surface area contributed by atoms with Crippen LogP contribution in [0.3, 0.4) is 0 Å². The second-order valence-corrected chi connectivity index (χ2v) is 7.74. The number of nitrogens with two attached hydrogens (primary N) is 1. The van der Waals surface area contributed by atoms with Gasteiger partial charge in [0.15, 0.2) is 5.75 Å². The summed E-state index contributed by atoms with van der Waals surface area (Å²) >= 11 is 0. The third kappa shape index (κ3) is 4.08. The van der Waals surface area contributed by atoms with E-state index in [9.17, 15) is 18.3 Å². The molecule has 3 aromatic rings. The Morgan fingerprint density at radius 3 is 2.32 bits per heavy atom. The minimum Gasteiger partial charge on any atom is -0.478 e. The molecule has 0 aliphatic carbocycles. The van der Waals surface area contributed by atoms with Crippen LogP contribution in [0.4, 0.5) is 0 Å². The molecule has 0 saturated carbocycles. The van der Waals surface area contributed by atoms with E-state index in [1.165, 1.54) is 6.07 Å². The van der Waals surface area contributed by atoms with Crippen LogP contribution in [0.25, 0.3) is 0 Å². The first-order chi connectivity index (χ1) is 13.3. The molecule has 7 nitrogen and oxygen atoms in total. The third-order valence-electron chi connectivity index (χ3n) is 4.33. The lowest BCUT2D eigenvalue weighted by atomic mass is 10.00. The molecule has 0 radical (unpaired) electrons. The van der Waals surface area contributed by atoms with Crippen molar-refractivity contribution in [2.75, 3.05) is 0 Å². The van der Waals surface area contributed by atoms with Crippen molar-refractivity contribution in [3.63, 3.8) is 0 Å². The summed E-state index contributed by atoms with van der Waals surface area (Å²) in [6, 6.07) is 14.5. The van der Waals surface area contributed by atoms with Gasteiger partial charge in [0, 0.05) is 18.0 Å². The molecule has 8 heteroatoms. The predicted octanol–water partition coefficient (Wildman–Crippen LogP) is 3.63. The van der Waals surface area contributed by atoms with Gasteiger partial charge in [0.1, 0.15) is 10.6 Å². The molecule has 0 fully saturated rings. The minimum absolute atomic E-state index is 0.0271. The number of para-hydroxylation sites is 1. The van der Waals surface area contributed by atoms with Crippen LogP contribution >= 0.6 is 0 Å². The maximum Gasteiger partial charge on any atom is 0.335 e. The molecule has 1 heterocycles. The fourth-order valence-corrected chi connectivity index (χ4v) is 3.78. The molecule has 28 heavy (non-hydrogen) atoms. The fourth-order valence-electron chi connectivity index (χ4n) is 3.07. The van der Waals surface area contributed by atoms with Crippen molar-refractivity contribution in [2.24, 2.45) is 5.14 Å². The molecule has 3 rings (SSSR count). The molecule has 1 aromatic heterocycles. The van der Waals surface area contributed by atoms with E-state index in [1.807, 2.05) is 36.0 Å². The molecule has 0 amide bonds. The molecule has 0 spiro atoms. The summed E-state index contributed by atoms with van der Waals surface area (Å²) in [7, 11) is -4.24. The topological polar surface area (TPSA) is 112 Å². The Morgan fingerprint density at radius 1 is 1.14 bits per heavy atom. The molecule has 0 bridgehead atoms. The quantitative estimate of drug-likeness (QED) is 0.629. The van der Waals surface area contributed by atoms with Crippen LogP contribution in [0.2, 0.25) is 0 Å². The maximum absolute atomic E-state index is 12.3. The average molecular weight is 400 g/mol. The van der Waals surface area contributed by atoms with E-state index in [0.717, 1.165) is 6.07 Å². The van der Waals surface area contributed by atoms with Gasteiger partial charge < -0.3 is 14.4 Å². The Labute approximate surface area is 163 Å². The van der Waals surface area contributed by atoms with Crippen LogP contribution in [0.15, 0.2) is 71.9 Å². The molecular weight excluding hydrogens is 380 g/mol. The normalized spacial score (nSPS) is 12.5. The van der Waals surface area contributed by atoms with Gasteiger partial charge in [-0.3, -0.25) is 0 Å². The molecule has 146 valence electrons. The number of ether oxygens (including phenoxy) is 1. The van der Waals surface area contributed by atoms with E-state index in [1.54, 1.807) is 30.3 Å². The second kappa shape index (κ2) is 7.87. The number of nitrogens with zero attached hydrogens (tertiary/aromatic N) is 1. The zero-order valence-electron chi connectivity index (χ0n) is 15.1. The number of aromatic nitrogens is 1. The third-order valence-corrected chi connectivity index (χ3v) is 5.25. The number of hydrogen-bond acceptors (Lipinski definition) is 4. The van der Waals surface area contributed by atoms with Crippen LogP contribution in [-0.2, 0) is 10.0 Å². The predicted molar refractivity (Wildman–Crippen MR) is 104 cm³/mol. The van der Waals surface area contributed by atoms with E-state index >= 15 is 0 Å². The number of carboxylic acid groups (broad SMARTS) is 1. The van der Waals surface area contributed by atoms with E-state index in [2.05, 4.69) is 0 Å². The Hall–Kier alpha value is -3.10. The zero-order chi connectivity index (χ0) is 20.3. The SMILES string of the molecule is CCC(c1cc(C(=O)O)cc(S(N)(=O)=O)c1Oc1ccccc1)n1cccc1. The van der Waals surface area contributed by atoms with Gasteiger partial charge in [-0.25, -0.2) is 18.4 Å². The highest BCUT2D eigenvalue weighted by Crippen LogP contribution is 2.39. The molecule has 0 saturated heterocycles. The average Bonchev–Trinajstić information content (AvgIpc) is 3.17. The van der Waals surface area contributed by atoms with Gasteiger partial charge in [0.05, 0.1) is 11.6 Å². The second-order valence-electron chi connectivity index (χ2n) is 6.21. The number of benzene rings is 2. The molecule has 0 aliphatic heterocycles. The van der Waals surface area contributed by atoms with Crippen LogP contribution in [-0.4, -0.2) is 24.1 Å². The summed E-state index contributed by atoms with van der Waals surface area (Å²) in [6.07, 6.45) is 4.22. The molecule has 0 aliphatic rings. The van der Waals surface area contributed by atoms with Gasteiger partial charge in [-0.2, -0.15) is 0 Å². The first kappa shape index (κ1) is 19.7. The van der Waals surface area contributed by atoms with Gasteiger partial charge in [-0.1, -0.05) is 25.1 Å². The van der Waals surface area contributed by atoms with Crippen LogP contribution in [0.5, 0.6) is 11.5 Å². The Bertz CT molecular complexity index is 1080. The number of sulfonamides is 1. The van der Waals surface area contributed by atoms with Gasteiger partial charge >= 0.3 is 5.97 Å². The van der Waals surface area contributed by atoms with Crippen molar-refractivity contribution in [1.29, 1.82) is 0 Å². The maximum atomic E-state index is 12.3. The standard InChI is InChI=1S/C20H20N2O5S/c1-2-17(22-10-6-7-11-22)16-12-14(20(23)24)13-18(28(21,25)26)19(16)27-15-8-4-3-5-9-15/h3-13,17H,2H2,1H3,(H,23,24)(H2,21,25,26). The van der Waals surface area contributed by atoms with Gasteiger partial charge in [-0.05, 0) is 42.8 Å². The summed E-state index contributed by atoms with van der Waals surface area (Å²) in [5, 5.41) is 14.9. The van der Waals surface area contributed by atoms with E-state index in [0.29, 0.717) is 17.7 Å². The molecule has 1 atom stereocenters. The van der Waals surface area contributed by atoms with E-state index < -0.39 is 16.0 Å². The summed E-state index contributed by atoms with van der Waals surface area (Å²) in [5.41, 5.74) is 0.247. The van der Waals surface area contributed by atoms with Crippen molar-refractivity contribution in [1.82, 2.24) is 4.57 Å². The number of carbonyl (C=O) groups is 1. The van der Waals surface area contributed by atoms with Gasteiger partial charge in [-0.15, -0.1) is 0 Å². The zero-order valence-corrected chi connectivity index (χ0v) is 16.0. The monoisotopic (exact) mass is 400 g/mol. The first-order valence-corrected chi connectivity index (χ1v) is 10.1. The van der Waals surface area contributed by atoms with Crippen molar-refractivity contribution >= 4 is 16.0 Å². The lowest BCUT2D eigenvalue weighted by Gasteiger charge is -2.23. The summed E-state index contributed by atoms with van der Waals surface area (Å²) < 4.78 is 32.3. The van der Waals surface area contributed by atoms with Crippen LogP contribution < -0.4 is 9.88 Å². The van der Waals surface area contributed by atoms with Crippen molar-refractivity contribution in [2.45, 2.75) is 24.3 Å². The fraction of sp³-hybridized carbons (Fsp3) is 0.150. The Morgan fingerprint density at radius 2 is 1.79 bits per heavy atom. The number of primary sulfonamides is 1. The molecule has 1 unspecified atom stereocenters. The Kier molecular flexibility index (Phi) is 5.53. The van der Waals surface area contributed by atoms with Crippen LogP contribution in [0.1, 0.15) is 35.3 Å². The van der Waals surface area contributed by atoms with Crippen molar-refractivity contribution in [3.05, 3.63) is 78.1 Å². The van der Waals surface area contributed by atoms with Crippen LogP contribution in [0, 0.1) is 0 Å². The highest BCUT2D eigenvalue weighted by Gasteiger charge is 2.27. The largest absolute Gasteiger partial charge is 0.478 e. The number of carboxylic acids is 1. The lowest BCUT2D eigenvalue weighted by Crippen LogP contribution is -2.18. The lowest BCUT2D eigenvalue weighted by molar-refractivity contribution is 0.0696. The highest BCUT2D eigenvalue weighted by atomic mass is 32.2. The number of aromatic carboxylic acids is 1. The molecular formula is C20H20N2O5S. The van der Waals surface area contributed by atoms with E-state index in [-0.39, 0.29) is 22.3 Å². The van der Waals surface area contributed by atoms with Gasteiger partial charge in [0.25, 0.3) is 0 Å². The van der Waals surface area contributed by atoms with Crippen molar-refractivity contribution < 1.29 is 23.1 Å². The van der Waals surface area contributed by atoms with E-state index in [4.69, 9.17) is 9.88 Å². The number of hydrogen-bond donors (Lipinski definition) is 2. The molecule has 3 N–H and O–H groups in total. The molecule has 2 aromatic carbocycles. The minimum atomic E-state index is -4.24. The Balaban J connectivity index is 2.30. The highest BCUT2D eigenvalue weighted by molar-refractivity contribution is 7.89. The first-order valence-electron chi connectivity index (χ1n) is 8.60.